The highest BCUT2D eigenvalue weighted by molar-refractivity contribution is 6.35. The summed E-state index contributed by atoms with van der Waals surface area (Å²) in [7, 11) is 0. The minimum absolute atomic E-state index is 0.147. The van der Waals surface area contributed by atoms with E-state index in [1.54, 1.807) is 18.6 Å². The molecule has 6 heteroatoms. The fourth-order valence-corrected chi connectivity index (χ4v) is 3.65. The molecule has 4 rings (SSSR count). The summed E-state index contributed by atoms with van der Waals surface area (Å²) < 4.78 is 8.19. The molecule has 2 unspecified atom stereocenters. The summed E-state index contributed by atoms with van der Waals surface area (Å²) in [5, 5.41) is 1.91. The molecule has 0 N–H and O–H groups in total. The van der Waals surface area contributed by atoms with E-state index >= 15 is 0 Å². The zero-order chi connectivity index (χ0) is 16.7. The lowest BCUT2D eigenvalue weighted by Crippen LogP contribution is -2.18. The van der Waals surface area contributed by atoms with Crippen molar-refractivity contribution in [1.29, 1.82) is 0 Å². The number of aromatic nitrogens is 2. The van der Waals surface area contributed by atoms with Crippen LogP contribution in [0.15, 0.2) is 61.2 Å². The lowest BCUT2D eigenvalue weighted by atomic mass is 9.91. The van der Waals surface area contributed by atoms with Crippen LogP contribution in [0.25, 0.3) is 0 Å². The van der Waals surface area contributed by atoms with E-state index in [0.29, 0.717) is 21.6 Å². The molecule has 1 aromatic heterocycles. The third kappa shape index (κ3) is 2.82. The summed E-state index contributed by atoms with van der Waals surface area (Å²) in [6.45, 7) is 0.637. The molecule has 0 amide bonds. The van der Waals surface area contributed by atoms with Gasteiger partial charge in [-0.25, -0.2) is 4.98 Å². The van der Waals surface area contributed by atoms with Crippen molar-refractivity contribution in [2.45, 2.75) is 18.2 Å². The van der Waals surface area contributed by atoms with Crippen molar-refractivity contribution in [1.82, 2.24) is 9.55 Å². The number of nitrogens with zero attached hydrogens (tertiary/aromatic N) is 2. The molecule has 1 aliphatic heterocycles. The van der Waals surface area contributed by atoms with Gasteiger partial charge in [0.1, 0.15) is 11.7 Å². The fourth-order valence-electron chi connectivity index (χ4n) is 3.02. The molecule has 2 heterocycles. The average Bonchev–Trinajstić information content (AvgIpc) is 3.02. The van der Waals surface area contributed by atoms with Crippen LogP contribution in [-0.4, -0.2) is 9.55 Å². The van der Waals surface area contributed by atoms with Gasteiger partial charge in [-0.3, -0.25) is 0 Å². The van der Waals surface area contributed by atoms with Gasteiger partial charge in [0.2, 0.25) is 0 Å². The lowest BCUT2D eigenvalue weighted by Gasteiger charge is -2.15. The molecule has 0 radical (unpaired) electrons. The minimum Gasteiger partial charge on any atom is -0.354 e. The number of halogens is 3. The van der Waals surface area contributed by atoms with Crippen molar-refractivity contribution in [3.05, 3.63) is 87.4 Å². The normalized spacial score (nSPS) is 22.5. The van der Waals surface area contributed by atoms with Crippen LogP contribution in [0.1, 0.15) is 17.2 Å². The van der Waals surface area contributed by atoms with Crippen LogP contribution >= 0.6 is 34.8 Å². The summed E-state index contributed by atoms with van der Waals surface area (Å²) in [5.74, 6) is 0. The molecular weight excluding hydrogens is 367 g/mol. The number of ether oxygens (including phenoxy) is 1. The van der Waals surface area contributed by atoms with E-state index in [1.807, 2.05) is 47.2 Å². The quantitative estimate of drug-likeness (QED) is 0.559. The summed E-state index contributed by atoms with van der Waals surface area (Å²) in [6, 6.07) is 13.2. The van der Waals surface area contributed by atoms with E-state index in [0.717, 1.165) is 11.1 Å². The fraction of sp³-hybridized carbons (Fsp3) is 0.167. The van der Waals surface area contributed by atoms with Crippen LogP contribution in [0.5, 0.6) is 0 Å². The maximum absolute atomic E-state index is 6.38. The number of rotatable bonds is 4. The summed E-state index contributed by atoms with van der Waals surface area (Å²) in [4.78, 5) is 4.11. The highest BCUT2D eigenvalue weighted by Crippen LogP contribution is 2.59. The zero-order valence-corrected chi connectivity index (χ0v) is 14.8. The van der Waals surface area contributed by atoms with E-state index in [-0.39, 0.29) is 6.10 Å². The van der Waals surface area contributed by atoms with Crippen LogP contribution in [0.3, 0.4) is 0 Å². The molecular formula is C18H13Cl3N2O. The molecule has 24 heavy (non-hydrogen) atoms. The van der Waals surface area contributed by atoms with E-state index in [4.69, 9.17) is 39.5 Å². The Morgan fingerprint density at radius 1 is 1.04 bits per heavy atom. The average molecular weight is 380 g/mol. The maximum atomic E-state index is 6.38. The van der Waals surface area contributed by atoms with E-state index in [9.17, 15) is 0 Å². The predicted octanol–water partition coefficient (Wildman–Crippen LogP) is 5.51. The Morgan fingerprint density at radius 2 is 1.79 bits per heavy atom. The second-order valence-electron chi connectivity index (χ2n) is 5.80. The van der Waals surface area contributed by atoms with Gasteiger partial charge in [-0.1, -0.05) is 53.0 Å². The Bertz CT molecular complexity index is 864. The molecule has 1 fully saturated rings. The number of benzene rings is 2. The second-order valence-corrected chi connectivity index (χ2v) is 7.08. The Balaban J connectivity index is 1.74. The predicted molar refractivity (Wildman–Crippen MR) is 95.6 cm³/mol. The molecule has 1 saturated heterocycles. The van der Waals surface area contributed by atoms with Gasteiger partial charge >= 0.3 is 0 Å². The molecule has 2 aromatic carbocycles. The number of hydrogen-bond donors (Lipinski definition) is 0. The monoisotopic (exact) mass is 378 g/mol. The first-order valence-corrected chi connectivity index (χ1v) is 8.56. The van der Waals surface area contributed by atoms with Crippen LogP contribution in [0, 0.1) is 0 Å². The first-order chi connectivity index (χ1) is 11.6. The Kier molecular flexibility index (Phi) is 4.05. The molecule has 3 nitrogen and oxygen atoms in total. The van der Waals surface area contributed by atoms with Gasteiger partial charge in [-0.2, -0.15) is 0 Å². The molecule has 2 atom stereocenters. The van der Waals surface area contributed by atoms with Crippen LogP contribution in [0.2, 0.25) is 15.1 Å². The van der Waals surface area contributed by atoms with E-state index < -0.39 is 5.60 Å². The molecule has 3 aromatic rings. The number of imidazole rings is 1. The van der Waals surface area contributed by atoms with E-state index in [2.05, 4.69) is 4.98 Å². The second kappa shape index (κ2) is 6.08. The van der Waals surface area contributed by atoms with Gasteiger partial charge < -0.3 is 9.30 Å². The van der Waals surface area contributed by atoms with Gasteiger partial charge in [0.05, 0.1) is 12.9 Å². The Labute approximate surface area is 154 Å². The van der Waals surface area contributed by atoms with Crippen molar-refractivity contribution >= 4 is 34.8 Å². The zero-order valence-electron chi connectivity index (χ0n) is 12.5. The standard InChI is InChI=1S/C18H13Cl3N2O/c19-13-3-1-12(2-4-13)18(10-23-8-7-22-11-23)17(24-18)15-6-5-14(20)9-16(15)21/h1-9,11,17H,10H2. The minimum atomic E-state index is -0.497. The number of hydrogen-bond acceptors (Lipinski definition) is 2. The van der Waals surface area contributed by atoms with Crippen LogP contribution in [0.4, 0.5) is 0 Å². The Hall–Kier alpha value is -1.52. The third-order valence-electron chi connectivity index (χ3n) is 4.25. The lowest BCUT2D eigenvalue weighted by molar-refractivity contribution is 0.270. The summed E-state index contributed by atoms with van der Waals surface area (Å²) >= 11 is 18.4. The largest absolute Gasteiger partial charge is 0.354 e. The molecule has 1 aliphatic rings. The maximum Gasteiger partial charge on any atom is 0.142 e. The molecule has 0 spiro atoms. The van der Waals surface area contributed by atoms with Gasteiger partial charge in [0.15, 0.2) is 0 Å². The van der Waals surface area contributed by atoms with E-state index in [1.165, 1.54) is 0 Å². The van der Waals surface area contributed by atoms with Crippen molar-refractivity contribution in [3.63, 3.8) is 0 Å². The SMILES string of the molecule is Clc1ccc(C2(Cn3ccnc3)OC2c2ccc(Cl)cc2Cl)cc1. The molecule has 122 valence electrons. The molecule has 0 bridgehead atoms. The van der Waals surface area contributed by atoms with Crippen LogP contribution in [-0.2, 0) is 16.9 Å². The molecule has 0 saturated carbocycles. The summed E-state index contributed by atoms with van der Waals surface area (Å²) in [6.07, 6.45) is 5.30. The van der Waals surface area contributed by atoms with Crippen molar-refractivity contribution < 1.29 is 4.74 Å². The highest BCUT2D eigenvalue weighted by Gasteiger charge is 2.59. The van der Waals surface area contributed by atoms with Crippen LogP contribution < -0.4 is 0 Å². The smallest absolute Gasteiger partial charge is 0.142 e. The molecule has 0 aliphatic carbocycles. The topological polar surface area (TPSA) is 30.4 Å². The van der Waals surface area contributed by atoms with Gasteiger partial charge in [0.25, 0.3) is 0 Å². The van der Waals surface area contributed by atoms with Gasteiger partial charge in [-0.05, 0) is 29.8 Å². The van der Waals surface area contributed by atoms with Crippen molar-refractivity contribution in [2.24, 2.45) is 0 Å². The first kappa shape index (κ1) is 16.0. The Morgan fingerprint density at radius 3 is 2.46 bits per heavy atom. The van der Waals surface area contributed by atoms with Crippen molar-refractivity contribution in [3.8, 4) is 0 Å². The number of epoxide rings is 1. The first-order valence-electron chi connectivity index (χ1n) is 7.43. The van der Waals surface area contributed by atoms with Crippen molar-refractivity contribution in [2.75, 3.05) is 0 Å². The summed E-state index contributed by atoms with van der Waals surface area (Å²) in [5.41, 5.74) is 1.48. The van der Waals surface area contributed by atoms with Gasteiger partial charge in [0, 0.05) is 33.0 Å². The van der Waals surface area contributed by atoms with Gasteiger partial charge in [-0.15, -0.1) is 0 Å². The highest BCUT2D eigenvalue weighted by atomic mass is 35.5. The third-order valence-corrected chi connectivity index (χ3v) is 5.06.